The van der Waals surface area contributed by atoms with E-state index < -0.39 is 11.2 Å². The molecule has 1 N–H and O–H groups in total. The average Bonchev–Trinajstić information content (AvgIpc) is 3.29. The lowest BCUT2D eigenvalue weighted by Gasteiger charge is -2.38. The second kappa shape index (κ2) is 37.2. The summed E-state index contributed by atoms with van der Waals surface area (Å²) in [6.45, 7) is 51.0. The van der Waals surface area contributed by atoms with Gasteiger partial charge in [-0.05, 0) is 144 Å². The number of benzene rings is 1. The number of aryl methyl sites for hydroxylation is 1. The number of halogens is 1. The van der Waals surface area contributed by atoms with E-state index in [1.807, 2.05) is 81.5 Å². The zero-order valence-corrected chi connectivity index (χ0v) is 49.2. The van der Waals surface area contributed by atoms with Crippen molar-refractivity contribution in [3.8, 4) is 0 Å². The van der Waals surface area contributed by atoms with Crippen LogP contribution in [0.5, 0.6) is 0 Å². The minimum absolute atomic E-state index is 0.0253. The number of allylic oxidation sites excluding steroid dienone is 8. The first-order valence-electron chi connectivity index (χ1n) is 27.7. The number of ketones is 2. The van der Waals surface area contributed by atoms with Gasteiger partial charge in [0.1, 0.15) is 17.4 Å². The highest BCUT2D eigenvalue weighted by atomic mass is 19.1. The summed E-state index contributed by atoms with van der Waals surface area (Å²) in [5, 5.41) is 3.21. The monoisotopic (exact) mass is 973 g/mol. The number of Topliss-reactive ketones (excluding diaryl/α,β-unsaturated/α-hetero) is 2. The Hall–Kier alpha value is -3.64. The quantitative estimate of drug-likeness (QED) is 0.0637. The molecule has 5 nitrogen and oxygen atoms in total. The number of nitrogens with one attached hydrogen (secondary N) is 1. The van der Waals surface area contributed by atoms with Gasteiger partial charge in [-0.25, -0.2) is 4.39 Å². The summed E-state index contributed by atoms with van der Waals surface area (Å²) >= 11 is 0. The van der Waals surface area contributed by atoms with Crippen LogP contribution in [0.15, 0.2) is 88.6 Å². The summed E-state index contributed by atoms with van der Waals surface area (Å²) in [6, 6.07) is 6.35. The highest BCUT2D eigenvalue weighted by Crippen LogP contribution is 2.40. The van der Waals surface area contributed by atoms with Crippen LogP contribution < -0.4 is 5.32 Å². The Morgan fingerprint density at radius 3 is 1.79 bits per heavy atom. The number of ether oxygens (including phenoxy) is 1. The summed E-state index contributed by atoms with van der Waals surface area (Å²) in [6.07, 6.45) is 23.5. The van der Waals surface area contributed by atoms with E-state index in [2.05, 4.69) is 106 Å². The molecule has 0 amide bonds. The van der Waals surface area contributed by atoms with E-state index >= 15 is 0 Å². The summed E-state index contributed by atoms with van der Waals surface area (Å²) in [5.74, 6) is 3.42. The molecule has 2 fully saturated rings. The molecule has 1 aliphatic heterocycles. The average molecular weight is 974 g/mol. The molecule has 6 heteroatoms. The van der Waals surface area contributed by atoms with E-state index in [1.54, 1.807) is 6.08 Å². The summed E-state index contributed by atoms with van der Waals surface area (Å²) in [7, 11) is 0. The molecule has 3 rings (SSSR count). The number of carbonyl (C=O) groups is 2. The van der Waals surface area contributed by atoms with Gasteiger partial charge in [0.05, 0.1) is 35.4 Å². The van der Waals surface area contributed by atoms with Crippen LogP contribution in [0.2, 0.25) is 0 Å². The standard InChI is InChI=1S/C37H53FN2O.C9H16O2.C7H14.C7H16.C4H10/c1-13-19-37(20-14-2,36(41)26(7)8)32-18-17-31(23-28(32)10)27(9)24-34(39-21-15-3)29(11)30(12)40-35(22-25(5)6)33(38)16-4;1-4-7(2)8(10)9(3)5-11-6-9;1-3-7-4-6(2)5-7;1-3-5-7-6-4-2;1-4(2)3/h16-18,21-24,26,40H,4,9,13-15,19-20H2,1-3,5-8,10-12H3;7H,4-6H2,1-3H3;6-7H,3-5H2,1-2H3;3-7H2,1-2H3;4H,1-3H3/b30-29+,34-24+,35-33-,39-21?;;;;. The number of hydrogen-bond donors (Lipinski definition) is 1. The van der Waals surface area contributed by atoms with Crippen molar-refractivity contribution in [1.82, 2.24) is 5.32 Å². The van der Waals surface area contributed by atoms with E-state index in [0.717, 1.165) is 101 Å². The minimum Gasteiger partial charge on any atom is -0.379 e. The summed E-state index contributed by atoms with van der Waals surface area (Å²) in [4.78, 5) is 29.9. The Balaban J connectivity index is 0. The maximum Gasteiger partial charge on any atom is 0.146 e. The van der Waals surface area contributed by atoms with Crippen molar-refractivity contribution >= 4 is 23.4 Å². The van der Waals surface area contributed by atoms with Crippen molar-refractivity contribution in [2.75, 3.05) is 13.2 Å². The van der Waals surface area contributed by atoms with Gasteiger partial charge in [0.25, 0.3) is 0 Å². The fraction of sp³-hybridized carbons (Fsp3) is 0.672. The van der Waals surface area contributed by atoms with Gasteiger partial charge in [0.2, 0.25) is 0 Å². The van der Waals surface area contributed by atoms with Crippen LogP contribution in [0.25, 0.3) is 5.57 Å². The molecule has 1 aromatic rings. The van der Waals surface area contributed by atoms with E-state index in [1.165, 1.54) is 57.4 Å². The van der Waals surface area contributed by atoms with E-state index in [4.69, 9.17) is 9.73 Å². The normalized spacial score (nSPS) is 17.2. The molecule has 2 aliphatic rings. The molecule has 1 saturated carbocycles. The van der Waals surface area contributed by atoms with Crippen LogP contribution >= 0.6 is 0 Å². The lowest BCUT2D eigenvalue weighted by molar-refractivity contribution is -0.159. The maximum absolute atomic E-state index is 14.5. The first kappa shape index (κ1) is 68.4. The minimum atomic E-state index is -0.465. The number of unbranched alkanes of at least 4 members (excludes halogenated alkanes) is 4. The van der Waals surface area contributed by atoms with Gasteiger partial charge in [-0.15, -0.1) is 0 Å². The van der Waals surface area contributed by atoms with Gasteiger partial charge in [-0.2, -0.15) is 0 Å². The molecule has 1 unspecified atom stereocenters. The molecule has 70 heavy (non-hydrogen) atoms. The molecule has 400 valence electrons. The Bertz CT molecular complexity index is 1830. The number of hydrogen-bond acceptors (Lipinski definition) is 5. The third-order valence-corrected chi connectivity index (χ3v) is 13.1. The number of rotatable bonds is 24. The summed E-state index contributed by atoms with van der Waals surface area (Å²) < 4.78 is 19.5. The molecule has 1 aliphatic carbocycles. The first-order valence-corrected chi connectivity index (χ1v) is 27.7. The highest BCUT2D eigenvalue weighted by Gasteiger charge is 2.42. The molecular formula is C64H109FN2O3. The molecule has 0 aromatic heterocycles. The zero-order chi connectivity index (χ0) is 54.2. The fourth-order valence-electron chi connectivity index (χ4n) is 8.72. The summed E-state index contributed by atoms with van der Waals surface area (Å²) in [5.41, 5.74) is 7.16. The van der Waals surface area contributed by atoms with Gasteiger partial charge in [-0.3, -0.25) is 14.6 Å². The molecule has 1 saturated heterocycles. The number of aliphatic imine (C=N–C) groups is 1. The maximum atomic E-state index is 14.5. The Labute approximate surface area is 433 Å². The Morgan fingerprint density at radius 1 is 0.886 bits per heavy atom. The number of nitrogens with zero attached hydrogens (tertiary/aromatic N) is 1. The van der Waals surface area contributed by atoms with Crippen molar-refractivity contribution in [2.24, 2.45) is 40.0 Å². The van der Waals surface area contributed by atoms with Crippen LogP contribution in [0.1, 0.15) is 238 Å². The second-order valence-corrected chi connectivity index (χ2v) is 21.8. The molecule has 0 radical (unpaired) electrons. The van der Waals surface area contributed by atoms with Crippen molar-refractivity contribution in [1.29, 1.82) is 0 Å². The lowest BCUT2D eigenvalue weighted by Crippen LogP contribution is -2.48. The predicted molar refractivity (Wildman–Crippen MR) is 308 cm³/mol. The van der Waals surface area contributed by atoms with E-state index in [-0.39, 0.29) is 17.3 Å². The van der Waals surface area contributed by atoms with E-state index in [9.17, 15) is 14.0 Å². The van der Waals surface area contributed by atoms with Crippen LogP contribution in [-0.4, -0.2) is 31.0 Å². The molecule has 1 aromatic carbocycles. The van der Waals surface area contributed by atoms with Crippen LogP contribution in [0, 0.1) is 41.9 Å². The molecular weight excluding hydrogens is 864 g/mol. The first-order chi connectivity index (χ1) is 32.9. The Morgan fingerprint density at radius 2 is 1.43 bits per heavy atom. The van der Waals surface area contributed by atoms with Crippen LogP contribution in [-0.2, 0) is 19.7 Å². The van der Waals surface area contributed by atoms with Crippen molar-refractivity contribution in [2.45, 2.75) is 234 Å². The van der Waals surface area contributed by atoms with Gasteiger partial charge >= 0.3 is 0 Å². The molecule has 1 atom stereocenters. The van der Waals surface area contributed by atoms with Crippen molar-refractivity contribution in [3.05, 3.63) is 100 Å². The topological polar surface area (TPSA) is 67.8 Å². The largest absolute Gasteiger partial charge is 0.379 e. The smallest absolute Gasteiger partial charge is 0.146 e. The van der Waals surface area contributed by atoms with Crippen molar-refractivity contribution < 1.29 is 18.7 Å². The fourth-order valence-corrected chi connectivity index (χ4v) is 8.72. The van der Waals surface area contributed by atoms with Gasteiger partial charge in [-0.1, -0.05) is 185 Å². The zero-order valence-electron chi connectivity index (χ0n) is 49.2. The molecule has 0 bridgehead atoms. The highest BCUT2D eigenvalue weighted by molar-refractivity contribution is 5.92. The Kier molecular flexibility index (Phi) is 36.3. The molecule has 1 heterocycles. The van der Waals surface area contributed by atoms with Crippen molar-refractivity contribution in [3.63, 3.8) is 0 Å². The van der Waals surface area contributed by atoms with Gasteiger partial charge in [0, 0.05) is 23.7 Å². The van der Waals surface area contributed by atoms with Gasteiger partial charge in [0.15, 0.2) is 0 Å². The van der Waals surface area contributed by atoms with Gasteiger partial charge < -0.3 is 10.1 Å². The molecule has 0 spiro atoms. The van der Waals surface area contributed by atoms with E-state index in [0.29, 0.717) is 30.5 Å². The second-order valence-electron chi connectivity index (χ2n) is 21.8. The third kappa shape index (κ3) is 25.1. The number of carbonyl (C=O) groups excluding carboxylic acids is 2. The predicted octanol–water partition coefficient (Wildman–Crippen LogP) is 19.4. The third-order valence-electron chi connectivity index (χ3n) is 13.1. The SMILES string of the molecule is C=C/C(F)=C(\C=C(C)C)N/C(C)=C(C)/C(=C\C(=C)c1ccc(C(CCC)(CCC)C(=O)C(C)C)c(C)c1)N=CCC.CC(C)C.CCC(C)C(=O)C1(C)COC1.CCC1CC(C)C1.CCCCCCC. The van der Waals surface area contributed by atoms with Crippen LogP contribution in [0.3, 0.4) is 0 Å². The lowest BCUT2D eigenvalue weighted by atomic mass is 9.66. The van der Waals surface area contributed by atoms with Crippen LogP contribution in [0.4, 0.5) is 4.39 Å².